The molecule has 0 saturated carbocycles. The molecule has 3 rings (SSSR count). The van der Waals surface area contributed by atoms with Crippen molar-refractivity contribution in [1.82, 2.24) is 10.2 Å². The lowest BCUT2D eigenvalue weighted by Gasteiger charge is -2.33. The number of hydrogen-bond acceptors (Lipinski definition) is 5. The highest BCUT2D eigenvalue weighted by Gasteiger charge is 2.24. The van der Waals surface area contributed by atoms with Gasteiger partial charge in [0.25, 0.3) is 0 Å². The second-order valence-corrected chi connectivity index (χ2v) is 6.72. The van der Waals surface area contributed by atoms with E-state index in [0.717, 1.165) is 24.4 Å². The molecule has 28 heavy (non-hydrogen) atoms. The summed E-state index contributed by atoms with van der Waals surface area (Å²) < 4.78 is 10.8. The maximum absolute atomic E-state index is 12.3. The first-order valence-corrected chi connectivity index (χ1v) is 9.59. The van der Waals surface area contributed by atoms with Crippen LogP contribution in [0.1, 0.15) is 36.6 Å². The van der Waals surface area contributed by atoms with Gasteiger partial charge in [-0.1, -0.05) is 18.6 Å². The van der Waals surface area contributed by atoms with Crippen LogP contribution in [-0.4, -0.2) is 37.0 Å². The van der Waals surface area contributed by atoms with Crippen molar-refractivity contribution in [2.24, 2.45) is 0 Å². The summed E-state index contributed by atoms with van der Waals surface area (Å²) in [5.74, 6) is 1.38. The predicted octanol–water partition coefficient (Wildman–Crippen LogP) is 3.54. The Morgan fingerprint density at radius 2 is 2.04 bits per heavy atom. The number of amides is 1. The normalized spacial score (nSPS) is 15.8. The van der Waals surface area contributed by atoms with E-state index in [1.165, 1.54) is 25.3 Å². The molecule has 1 unspecified atom stereocenters. The molecule has 1 fully saturated rings. The maximum atomic E-state index is 12.3. The standard InChI is InChI=1S/C22H25N3O3/c23-12-16-27-19-9-6-18(7-10-19)8-11-22(26)24-17-20(21-5-4-15-28-21)25-13-2-1-3-14-25/h4-11,15,20H,1-3,13-14,16-17H2,(H,24,26)/b11-8+. The van der Waals surface area contributed by atoms with Gasteiger partial charge in [0.2, 0.25) is 5.91 Å². The number of carbonyl (C=O) groups is 1. The van der Waals surface area contributed by atoms with Crippen LogP contribution in [0.5, 0.6) is 5.75 Å². The van der Waals surface area contributed by atoms with E-state index in [0.29, 0.717) is 12.3 Å². The lowest BCUT2D eigenvalue weighted by Crippen LogP contribution is -2.40. The van der Waals surface area contributed by atoms with Crippen molar-refractivity contribution in [1.29, 1.82) is 5.26 Å². The highest BCUT2D eigenvalue weighted by atomic mass is 16.5. The van der Waals surface area contributed by atoms with Crippen LogP contribution in [0.3, 0.4) is 0 Å². The fourth-order valence-corrected chi connectivity index (χ4v) is 3.34. The SMILES string of the molecule is N#CCOc1ccc(/C=C/C(=O)NCC(c2ccco2)N2CCCCC2)cc1. The monoisotopic (exact) mass is 379 g/mol. The number of nitriles is 1. The zero-order chi connectivity index (χ0) is 19.6. The first-order chi connectivity index (χ1) is 13.8. The van der Waals surface area contributed by atoms with Crippen molar-refractivity contribution in [2.75, 3.05) is 26.2 Å². The van der Waals surface area contributed by atoms with Crippen LogP contribution < -0.4 is 10.1 Å². The van der Waals surface area contributed by atoms with Crippen LogP contribution in [0.25, 0.3) is 6.08 Å². The highest BCUT2D eigenvalue weighted by Crippen LogP contribution is 2.24. The number of likely N-dealkylation sites (tertiary alicyclic amines) is 1. The number of hydrogen-bond donors (Lipinski definition) is 1. The van der Waals surface area contributed by atoms with Crippen molar-refractivity contribution in [3.8, 4) is 11.8 Å². The first-order valence-electron chi connectivity index (χ1n) is 9.59. The van der Waals surface area contributed by atoms with Crippen molar-refractivity contribution in [3.63, 3.8) is 0 Å². The van der Waals surface area contributed by atoms with Gasteiger partial charge in [-0.2, -0.15) is 5.26 Å². The molecule has 1 aromatic heterocycles. The lowest BCUT2D eigenvalue weighted by molar-refractivity contribution is -0.116. The molecule has 0 spiro atoms. The molecular formula is C22H25N3O3. The van der Waals surface area contributed by atoms with Crippen LogP contribution in [0.2, 0.25) is 0 Å². The summed E-state index contributed by atoms with van der Waals surface area (Å²) in [6.07, 6.45) is 8.58. The van der Waals surface area contributed by atoms with Crippen LogP contribution in [0.15, 0.2) is 53.2 Å². The Kier molecular flexibility index (Phi) is 7.28. The van der Waals surface area contributed by atoms with Gasteiger partial charge in [-0.15, -0.1) is 0 Å². The second-order valence-electron chi connectivity index (χ2n) is 6.72. The lowest BCUT2D eigenvalue weighted by atomic mass is 10.1. The van der Waals surface area contributed by atoms with Crippen molar-refractivity contribution in [3.05, 3.63) is 60.1 Å². The molecule has 1 aromatic carbocycles. The molecule has 2 heterocycles. The third kappa shape index (κ3) is 5.73. The van der Waals surface area contributed by atoms with Crippen molar-refractivity contribution >= 4 is 12.0 Å². The number of nitrogens with one attached hydrogen (secondary N) is 1. The predicted molar refractivity (Wildman–Crippen MR) is 106 cm³/mol. The van der Waals surface area contributed by atoms with Gasteiger partial charge in [-0.05, 0) is 61.8 Å². The molecule has 6 nitrogen and oxygen atoms in total. The molecule has 1 atom stereocenters. The average molecular weight is 379 g/mol. The van der Waals surface area contributed by atoms with Crippen LogP contribution >= 0.6 is 0 Å². The van der Waals surface area contributed by atoms with Gasteiger partial charge in [-0.25, -0.2) is 0 Å². The molecule has 1 N–H and O–H groups in total. The number of carbonyl (C=O) groups excluding carboxylic acids is 1. The maximum Gasteiger partial charge on any atom is 0.244 e. The van der Waals surface area contributed by atoms with E-state index in [1.807, 2.05) is 30.3 Å². The Morgan fingerprint density at radius 3 is 2.71 bits per heavy atom. The number of ether oxygens (including phenoxy) is 1. The summed E-state index contributed by atoms with van der Waals surface area (Å²) in [5, 5.41) is 11.5. The summed E-state index contributed by atoms with van der Waals surface area (Å²) in [4.78, 5) is 14.7. The Balaban J connectivity index is 1.54. The number of rotatable bonds is 8. The van der Waals surface area contributed by atoms with Gasteiger partial charge < -0.3 is 14.5 Å². The topological polar surface area (TPSA) is 78.5 Å². The average Bonchev–Trinajstić information content (AvgIpc) is 3.27. The summed E-state index contributed by atoms with van der Waals surface area (Å²) in [7, 11) is 0. The third-order valence-electron chi connectivity index (χ3n) is 4.78. The fraction of sp³-hybridized carbons (Fsp3) is 0.364. The summed E-state index contributed by atoms with van der Waals surface area (Å²) in [6, 6.07) is 13.1. The summed E-state index contributed by atoms with van der Waals surface area (Å²) in [5.41, 5.74) is 0.887. The fourth-order valence-electron chi connectivity index (χ4n) is 3.34. The van der Waals surface area contributed by atoms with Crippen LogP contribution in [0.4, 0.5) is 0 Å². The molecule has 1 aliphatic rings. The molecular weight excluding hydrogens is 354 g/mol. The van der Waals surface area contributed by atoms with Gasteiger partial charge in [0.1, 0.15) is 17.6 Å². The van der Waals surface area contributed by atoms with E-state index in [9.17, 15) is 4.79 Å². The Bertz CT molecular complexity index is 801. The van der Waals surface area contributed by atoms with Gasteiger partial charge in [-0.3, -0.25) is 9.69 Å². The summed E-state index contributed by atoms with van der Waals surface area (Å²) >= 11 is 0. The van der Waals surface area contributed by atoms with E-state index in [4.69, 9.17) is 14.4 Å². The Labute approximate surface area is 165 Å². The van der Waals surface area contributed by atoms with Gasteiger partial charge in [0.15, 0.2) is 6.61 Å². The molecule has 0 aliphatic carbocycles. The minimum Gasteiger partial charge on any atom is -0.479 e. The minimum atomic E-state index is -0.140. The minimum absolute atomic E-state index is 0.0193. The quantitative estimate of drug-likeness (QED) is 0.710. The number of benzene rings is 1. The van der Waals surface area contributed by atoms with E-state index < -0.39 is 0 Å². The van der Waals surface area contributed by atoms with Crippen molar-refractivity contribution in [2.45, 2.75) is 25.3 Å². The highest BCUT2D eigenvalue weighted by molar-refractivity contribution is 5.91. The Morgan fingerprint density at radius 1 is 1.25 bits per heavy atom. The molecule has 1 saturated heterocycles. The third-order valence-corrected chi connectivity index (χ3v) is 4.78. The molecule has 146 valence electrons. The van der Waals surface area contributed by atoms with Crippen LogP contribution in [0, 0.1) is 11.3 Å². The number of furan rings is 1. The van der Waals surface area contributed by atoms with E-state index >= 15 is 0 Å². The zero-order valence-electron chi connectivity index (χ0n) is 15.8. The van der Waals surface area contributed by atoms with E-state index in [-0.39, 0.29) is 18.6 Å². The molecule has 0 radical (unpaired) electrons. The summed E-state index contributed by atoms with van der Waals surface area (Å²) in [6.45, 7) is 2.58. The van der Waals surface area contributed by atoms with Crippen LogP contribution in [-0.2, 0) is 4.79 Å². The van der Waals surface area contributed by atoms with E-state index in [2.05, 4.69) is 10.2 Å². The number of piperidine rings is 1. The molecule has 0 bridgehead atoms. The molecule has 2 aromatic rings. The molecule has 6 heteroatoms. The molecule has 1 amide bonds. The van der Waals surface area contributed by atoms with Gasteiger partial charge >= 0.3 is 0 Å². The first kappa shape index (κ1) is 19.7. The smallest absolute Gasteiger partial charge is 0.244 e. The van der Waals surface area contributed by atoms with Crippen molar-refractivity contribution < 1.29 is 13.9 Å². The Hall–Kier alpha value is -3.04. The largest absolute Gasteiger partial charge is 0.479 e. The zero-order valence-corrected chi connectivity index (χ0v) is 15.8. The number of nitrogens with zero attached hydrogens (tertiary/aromatic N) is 2. The van der Waals surface area contributed by atoms with Gasteiger partial charge in [0, 0.05) is 12.6 Å². The van der Waals surface area contributed by atoms with Gasteiger partial charge in [0.05, 0.1) is 12.3 Å². The van der Waals surface area contributed by atoms with E-state index in [1.54, 1.807) is 24.5 Å². The second kappa shape index (κ2) is 10.3. The molecule has 1 aliphatic heterocycles.